The van der Waals surface area contributed by atoms with E-state index in [0.29, 0.717) is 5.69 Å². The van der Waals surface area contributed by atoms with E-state index >= 15 is 0 Å². The normalized spacial score (nSPS) is 14.8. The molecule has 5 heteroatoms. The second-order valence-corrected chi connectivity index (χ2v) is 3.20. The van der Waals surface area contributed by atoms with Crippen molar-refractivity contribution in [3.8, 4) is 0 Å². The maximum absolute atomic E-state index is 11.6. The van der Waals surface area contributed by atoms with Crippen LogP contribution in [0.2, 0.25) is 0 Å². The highest BCUT2D eigenvalue weighted by Crippen LogP contribution is 2.12. The molecule has 5 nitrogen and oxygen atoms in total. The number of hydrogen-bond acceptors (Lipinski definition) is 4. The predicted molar refractivity (Wildman–Crippen MR) is 50.7 cm³/mol. The van der Waals surface area contributed by atoms with Crippen molar-refractivity contribution >= 4 is 11.6 Å². The van der Waals surface area contributed by atoms with E-state index in [9.17, 15) is 4.79 Å². The molecule has 1 fully saturated rings. The van der Waals surface area contributed by atoms with Gasteiger partial charge < -0.3 is 15.2 Å². The molecule has 2 rings (SSSR count). The largest absolute Gasteiger partial charge is 0.363 e. The summed E-state index contributed by atoms with van der Waals surface area (Å²) in [5, 5.41) is 9.27. The van der Waals surface area contributed by atoms with Crippen LogP contribution >= 0.6 is 0 Å². The Morgan fingerprint density at radius 1 is 1.64 bits per heavy atom. The van der Waals surface area contributed by atoms with Gasteiger partial charge in [0.25, 0.3) is 5.91 Å². The second-order valence-electron chi connectivity index (χ2n) is 3.20. The first-order valence-corrected chi connectivity index (χ1v) is 4.37. The summed E-state index contributed by atoms with van der Waals surface area (Å²) in [5.41, 5.74) is 2.51. The molecule has 2 N–H and O–H groups in total. The van der Waals surface area contributed by atoms with Gasteiger partial charge in [-0.1, -0.05) is 5.16 Å². The smallest absolute Gasteiger partial charge is 0.251 e. The van der Waals surface area contributed by atoms with Crippen LogP contribution in [0.3, 0.4) is 0 Å². The molecule has 0 atom stereocenters. The molecule has 74 valence electrons. The fourth-order valence-electron chi connectivity index (χ4n) is 1.17. The van der Waals surface area contributed by atoms with Crippen molar-refractivity contribution in [2.45, 2.75) is 6.92 Å². The topological polar surface area (TPSA) is 67.2 Å². The lowest BCUT2D eigenvalue weighted by Crippen LogP contribution is -2.36. The van der Waals surface area contributed by atoms with Gasteiger partial charge in [-0.2, -0.15) is 0 Å². The first-order chi connectivity index (χ1) is 6.77. The van der Waals surface area contributed by atoms with Gasteiger partial charge in [0.15, 0.2) is 0 Å². The van der Waals surface area contributed by atoms with Gasteiger partial charge in [0.1, 0.15) is 12.0 Å². The monoisotopic (exact) mass is 193 g/mol. The SMILES string of the molecule is CC(C(=O)Nc1cnoc1)=C1CNC1. The van der Waals surface area contributed by atoms with Crippen LogP contribution in [0.15, 0.2) is 28.1 Å². The molecule has 0 aromatic carbocycles. The molecular formula is C9H11N3O2. The molecular weight excluding hydrogens is 182 g/mol. The minimum Gasteiger partial charge on any atom is -0.363 e. The van der Waals surface area contributed by atoms with Crippen LogP contribution in [0.1, 0.15) is 6.92 Å². The van der Waals surface area contributed by atoms with Gasteiger partial charge in [0.2, 0.25) is 0 Å². The van der Waals surface area contributed by atoms with Gasteiger partial charge >= 0.3 is 0 Å². The number of carbonyl (C=O) groups excluding carboxylic acids is 1. The molecule has 1 amide bonds. The highest BCUT2D eigenvalue weighted by molar-refractivity contribution is 6.03. The minimum absolute atomic E-state index is 0.0929. The third kappa shape index (κ3) is 1.67. The Morgan fingerprint density at radius 3 is 2.93 bits per heavy atom. The summed E-state index contributed by atoms with van der Waals surface area (Å²) in [6.45, 7) is 3.44. The maximum atomic E-state index is 11.6. The van der Waals surface area contributed by atoms with Crippen molar-refractivity contribution in [1.29, 1.82) is 0 Å². The summed E-state index contributed by atoms with van der Waals surface area (Å²) in [6, 6.07) is 0. The Balaban J connectivity index is 2.02. The van der Waals surface area contributed by atoms with E-state index in [1.165, 1.54) is 12.5 Å². The molecule has 14 heavy (non-hydrogen) atoms. The van der Waals surface area contributed by atoms with Crippen LogP contribution in [-0.4, -0.2) is 24.2 Å². The number of nitrogens with zero attached hydrogens (tertiary/aromatic N) is 1. The molecule has 0 radical (unpaired) electrons. The number of aromatic nitrogens is 1. The van der Waals surface area contributed by atoms with Gasteiger partial charge in [0.05, 0.1) is 6.20 Å². The van der Waals surface area contributed by atoms with Crippen molar-refractivity contribution < 1.29 is 9.32 Å². The predicted octanol–water partition coefficient (Wildman–Crippen LogP) is 0.533. The fraction of sp³-hybridized carbons (Fsp3) is 0.333. The van der Waals surface area contributed by atoms with E-state index in [2.05, 4.69) is 20.3 Å². The molecule has 1 saturated heterocycles. The van der Waals surface area contributed by atoms with Crippen molar-refractivity contribution in [3.63, 3.8) is 0 Å². The molecule has 1 aliphatic heterocycles. The van der Waals surface area contributed by atoms with Crippen molar-refractivity contribution in [2.24, 2.45) is 0 Å². The van der Waals surface area contributed by atoms with Gasteiger partial charge in [0, 0.05) is 18.7 Å². The number of carbonyl (C=O) groups is 1. The standard InChI is InChI=1S/C9H11N3O2/c1-6(7-2-10-3-7)9(13)12-8-4-11-14-5-8/h4-5,10H,2-3H2,1H3,(H,12,13). The third-order valence-corrected chi connectivity index (χ3v) is 2.24. The Kier molecular flexibility index (Phi) is 2.32. The second kappa shape index (κ2) is 3.63. The molecule has 2 heterocycles. The van der Waals surface area contributed by atoms with Gasteiger partial charge in [-0.3, -0.25) is 4.79 Å². The third-order valence-electron chi connectivity index (χ3n) is 2.24. The molecule has 0 aliphatic carbocycles. The summed E-state index contributed by atoms with van der Waals surface area (Å²) in [6.07, 6.45) is 2.86. The molecule has 0 unspecified atom stereocenters. The van der Waals surface area contributed by atoms with E-state index in [1.54, 1.807) is 0 Å². The molecule has 1 aromatic heterocycles. The fourth-order valence-corrected chi connectivity index (χ4v) is 1.17. The van der Waals surface area contributed by atoms with Crippen LogP contribution in [0.5, 0.6) is 0 Å². The first-order valence-electron chi connectivity index (χ1n) is 4.37. The number of rotatable bonds is 2. The van der Waals surface area contributed by atoms with Gasteiger partial charge in [-0.15, -0.1) is 0 Å². The van der Waals surface area contributed by atoms with Crippen LogP contribution in [-0.2, 0) is 4.79 Å². The van der Waals surface area contributed by atoms with E-state index < -0.39 is 0 Å². The zero-order valence-corrected chi connectivity index (χ0v) is 7.83. The molecule has 1 aromatic rings. The number of anilines is 1. The first kappa shape index (κ1) is 8.96. The Labute approximate surface area is 81.2 Å². The Morgan fingerprint density at radius 2 is 2.43 bits per heavy atom. The molecule has 0 spiro atoms. The van der Waals surface area contributed by atoms with Crippen molar-refractivity contribution in [2.75, 3.05) is 18.4 Å². The highest BCUT2D eigenvalue weighted by Gasteiger charge is 2.16. The lowest BCUT2D eigenvalue weighted by molar-refractivity contribution is -0.112. The Bertz CT molecular complexity index is 361. The maximum Gasteiger partial charge on any atom is 0.251 e. The summed E-state index contributed by atoms with van der Waals surface area (Å²) in [4.78, 5) is 11.6. The zero-order chi connectivity index (χ0) is 9.97. The van der Waals surface area contributed by atoms with E-state index in [0.717, 1.165) is 24.2 Å². The minimum atomic E-state index is -0.0929. The van der Waals surface area contributed by atoms with Crippen LogP contribution in [0.25, 0.3) is 0 Å². The molecule has 0 bridgehead atoms. The average molecular weight is 193 g/mol. The van der Waals surface area contributed by atoms with Crippen molar-refractivity contribution in [1.82, 2.24) is 10.5 Å². The van der Waals surface area contributed by atoms with E-state index in [4.69, 9.17) is 0 Å². The van der Waals surface area contributed by atoms with Crippen LogP contribution in [0, 0.1) is 0 Å². The van der Waals surface area contributed by atoms with Crippen LogP contribution < -0.4 is 10.6 Å². The number of nitrogens with one attached hydrogen (secondary N) is 2. The summed E-state index contributed by atoms with van der Waals surface area (Å²) < 4.78 is 4.60. The van der Waals surface area contributed by atoms with Gasteiger partial charge in [-0.25, -0.2) is 0 Å². The van der Waals surface area contributed by atoms with E-state index in [1.807, 2.05) is 6.92 Å². The molecule has 1 aliphatic rings. The van der Waals surface area contributed by atoms with Crippen molar-refractivity contribution in [3.05, 3.63) is 23.6 Å². The quantitative estimate of drug-likeness (QED) is 0.672. The number of hydrogen-bond donors (Lipinski definition) is 2. The zero-order valence-electron chi connectivity index (χ0n) is 7.83. The average Bonchev–Trinajstić information content (AvgIpc) is 2.53. The summed E-state index contributed by atoms with van der Waals surface area (Å²) in [5.74, 6) is -0.0929. The summed E-state index contributed by atoms with van der Waals surface area (Å²) in [7, 11) is 0. The highest BCUT2D eigenvalue weighted by atomic mass is 16.5. The Hall–Kier alpha value is -1.62. The van der Waals surface area contributed by atoms with Gasteiger partial charge in [-0.05, 0) is 12.5 Å². The lowest BCUT2D eigenvalue weighted by atomic mass is 10.0. The molecule has 0 saturated carbocycles. The lowest BCUT2D eigenvalue weighted by Gasteiger charge is -2.21. The van der Waals surface area contributed by atoms with Crippen LogP contribution in [0.4, 0.5) is 5.69 Å². The van der Waals surface area contributed by atoms with E-state index in [-0.39, 0.29) is 5.91 Å². The summed E-state index contributed by atoms with van der Waals surface area (Å²) >= 11 is 0. The number of amides is 1.